The Kier molecular flexibility index (Phi) is 7.06. The first kappa shape index (κ1) is 31.2. The fourth-order valence-electron chi connectivity index (χ4n) is 8.51. The van der Waals surface area contributed by atoms with E-state index in [-0.39, 0.29) is 5.41 Å². The van der Waals surface area contributed by atoms with Gasteiger partial charge in [-0.1, -0.05) is 148 Å². The number of para-hydroxylation sites is 2. The molecular formula is C50H37N3. The van der Waals surface area contributed by atoms with Crippen LogP contribution in [0.15, 0.2) is 180 Å². The van der Waals surface area contributed by atoms with E-state index in [1.165, 1.54) is 60.9 Å². The van der Waals surface area contributed by atoms with Gasteiger partial charge in [-0.25, -0.2) is 9.98 Å². The van der Waals surface area contributed by atoms with E-state index >= 15 is 0 Å². The molecular weight excluding hydrogens is 643 g/mol. The van der Waals surface area contributed by atoms with E-state index in [4.69, 9.17) is 9.98 Å². The zero-order valence-electron chi connectivity index (χ0n) is 29.8. The third-order valence-corrected chi connectivity index (χ3v) is 11.2. The number of hydrogen-bond donors (Lipinski definition) is 0. The molecule has 8 aromatic rings. The molecule has 10 rings (SSSR count). The van der Waals surface area contributed by atoms with Crippen molar-refractivity contribution in [3.8, 4) is 27.9 Å². The maximum absolute atomic E-state index is 5.47. The van der Waals surface area contributed by atoms with E-state index in [1.807, 2.05) is 12.1 Å². The summed E-state index contributed by atoms with van der Waals surface area (Å²) in [6, 6.07) is 58.6. The zero-order chi connectivity index (χ0) is 35.7. The number of aliphatic imine (C=N–C) groups is 2. The first-order valence-electron chi connectivity index (χ1n) is 18.3. The minimum atomic E-state index is -0.228. The van der Waals surface area contributed by atoms with Crippen LogP contribution in [-0.4, -0.2) is 16.1 Å². The standard InChI is InChI=1S/C50H37N3/c1-32-29-44(33-15-7-4-8-16-33)51-49(34-17-9-5-10-18-34)52-48-38(32)26-27-42-47(48)40-25-23-36(31-43(40)50(42,2)3)35-24-28-46-41(30-35)39-21-13-14-22-45(39)53(46)37-19-11-6-12-20-37/h4-28,30-31H,1,29H2,2-3H3. The van der Waals surface area contributed by atoms with Gasteiger partial charge in [-0.2, -0.15) is 0 Å². The van der Waals surface area contributed by atoms with Crippen molar-refractivity contribution < 1.29 is 0 Å². The highest BCUT2D eigenvalue weighted by atomic mass is 15.0. The van der Waals surface area contributed by atoms with Gasteiger partial charge in [0.1, 0.15) is 0 Å². The Hall–Kier alpha value is -6.58. The van der Waals surface area contributed by atoms with Gasteiger partial charge in [0, 0.05) is 45.0 Å². The molecule has 2 heterocycles. The molecule has 1 aromatic heterocycles. The molecule has 0 radical (unpaired) electrons. The van der Waals surface area contributed by atoms with Crippen LogP contribution in [0, 0.1) is 0 Å². The van der Waals surface area contributed by atoms with E-state index in [1.54, 1.807) is 0 Å². The second-order valence-corrected chi connectivity index (χ2v) is 14.7. The largest absolute Gasteiger partial charge is 0.309 e. The predicted molar refractivity (Wildman–Crippen MR) is 223 cm³/mol. The summed E-state index contributed by atoms with van der Waals surface area (Å²) in [7, 11) is 0. The van der Waals surface area contributed by atoms with Crippen molar-refractivity contribution in [1.82, 2.24) is 4.57 Å². The molecule has 0 N–H and O–H groups in total. The number of amidine groups is 1. The number of fused-ring (bicyclic) bond motifs is 8. The summed E-state index contributed by atoms with van der Waals surface area (Å²) in [5.74, 6) is 0.720. The molecule has 0 bridgehead atoms. The molecule has 1 aliphatic carbocycles. The van der Waals surface area contributed by atoms with Gasteiger partial charge in [-0.05, 0) is 75.4 Å². The summed E-state index contributed by atoms with van der Waals surface area (Å²) in [6.07, 6.45) is 0.639. The molecule has 0 unspecified atom stereocenters. The lowest BCUT2D eigenvalue weighted by atomic mass is 9.81. The molecule has 0 amide bonds. The van der Waals surface area contributed by atoms with Crippen molar-refractivity contribution in [1.29, 1.82) is 0 Å². The van der Waals surface area contributed by atoms with Crippen LogP contribution in [0.25, 0.3) is 55.3 Å². The minimum absolute atomic E-state index is 0.228. The maximum atomic E-state index is 5.47. The van der Waals surface area contributed by atoms with E-state index in [0.29, 0.717) is 6.42 Å². The Bertz CT molecular complexity index is 2820. The van der Waals surface area contributed by atoms with Gasteiger partial charge in [0.2, 0.25) is 0 Å². The molecule has 2 aliphatic rings. The second kappa shape index (κ2) is 12.0. The number of allylic oxidation sites excluding steroid dienone is 1. The fourth-order valence-corrected chi connectivity index (χ4v) is 8.51. The van der Waals surface area contributed by atoms with Crippen molar-refractivity contribution >= 4 is 44.6 Å². The Labute approximate surface area is 310 Å². The van der Waals surface area contributed by atoms with Gasteiger partial charge < -0.3 is 4.57 Å². The summed E-state index contributed by atoms with van der Waals surface area (Å²) < 4.78 is 2.37. The Morgan fingerprint density at radius 3 is 1.92 bits per heavy atom. The lowest BCUT2D eigenvalue weighted by molar-refractivity contribution is 0.660. The van der Waals surface area contributed by atoms with Crippen LogP contribution in [0.3, 0.4) is 0 Å². The van der Waals surface area contributed by atoms with Crippen LogP contribution in [0.4, 0.5) is 5.69 Å². The highest BCUT2D eigenvalue weighted by Gasteiger charge is 2.38. The monoisotopic (exact) mass is 679 g/mol. The molecule has 7 aromatic carbocycles. The minimum Gasteiger partial charge on any atom is -0.309 e. The number of aromatic nitrogens is 1. The summed E-state index contributed by atoms with van der Waals surface area (Å²) in [5, 5.41) is 2.51. The molecule has 0 atom stereocenters. The molecule has 0 fully saturated rings. The van der Waals surface area contributed by atoms with Gasteiger partial charge in [0.15, 0.2) is 5.84 Å². The van der Waals surface area contributed by atoms with E-state index < -0.39 is 0 Å². The topological polar surface area (TPSA) is 29.6 Å². The zero-order valence-corrected chi connectivity index (χ0v) is 29.8. The van der Waals surface area contributed by atoms with Gasteiger partial charge >= 0.3 is 0 Å². The van der Waals surface area contributed by atoms with Crippen LogP contribution in [0.2, 0.25) is 0 Å². The first-order chi connectivity index (χ1) is 26.0. The smallest absolute Gasteiger partial charge is 0.160 e. The van der Waals surface area contributed by atoms with Crippen LogP contribution >= 0.6 is 0 Å². The van der Waals surface area contributed by atoms with Crippen molar-refractivity contribution in [3.63, 3.8) is 0 Å². The van der Waals surface area contributed by atoms with E-state index in [0.717, 1.165) is 39.5 Å². The Balaban J connectivity index is 1.14. The van der Waals surface area contributed by atoms with Crippen molar-refractivity contribution in [2.45, 2.75) is 25.7 Å². The quantitative estimate of drug-likeness (QED) is 0.177. The van der Waals surface area contributed by atoms with Crippen molar-refractivity contribution in [3.05, 3.63) is 198 Å². The summed E-state index contributed by atoms with van der Waals surface area (Å²) in [6.45, 7) is 9.30. The van der Waals surface area contributed by atoms with E-state index in [2.05, 4.69) is 177 Å². The van der Waals surface area contributed by atoms with Gasteiger partial charge in [0.05, 0.1) is 22.4 Å². The van der Waals surface area contributed by atoms with Crippen molar-refractivity contribution in [2.75, 3.05) is 0 Å². The average Bonchev–Trinajstić information content (AvgIpc) is 3.65. The molecule has 0 saturated heterocycles. The summed E-state index contributed by atoms with van der Waals surface area (Å²) in [5.41, 5.74) is 16.9. The third kappa shape index (κ3) is 4.96. The summed E-state index contributed by atoms with van der Waals surface area (Å²) >= 11 is 0. The highest BCUT2D eigenvalue weighted by molar-refractivity contribution is 6.17. The highest BCUT2D eigenvalue weighted by Crippen LogP contribution is 2.55. The molecule has 0 saturated carbocycles. The Morgan fingerprint density at radius 2 is 1.15 bits per heavy atom. The number of hydrogen-bond acceptors (Lipinski definition) is 2. The first-order valence-corrected chi connectivity index (χ1v) is 18.3. The Morgan fingerprint density at radius 1 is 0.528 bits per heavy atom. The SMILES string of the molecule is C=C1CC(c2ccccc2)=NC(c2ccccc2)=Nc2c1ccc1c2-c2ccc(-c3ccc4c(c3)c3ccccc3n4-c3ccccc3)cc2C1(C)C. The van der Waals surface area contributed by atoms with Crippen molar-refractivity contribution in [2.24, 2.45) is 9.98 Å². The molecule has 3 nitrogen and oxygen atoms in total. The van der Waals surface area contributed by atoms with Gasteiger partial charge in [0.25, 0.3) is 0 Å². The molecule has 3 heteroatoms. The average molecular weight is 680 g/mol. The van der Waals surface area contributed by atoms with Gasteiger partial charge in [-0.3, -0.25) is 0 Å². The second-order valence-electron chi connectivity index (χ2n) is 14.7. The number of rotatable bonds is 4. The molecule has 53 heavy (non-hydrogen) atoms. The van der Waals surface area contributed by atoms with Gasteiger partial charge in [-0.15, -0.1) is 0 Å². The van der Waals surface area contributed by atoms with Crippen LogP contribution in [0.5, 0.6) is 0 Å². The number of nitrogens with zero attached hydrogens (tertiary/aromatic N) is 3. The fraction of sp³-hybridized carbons (Fsp3) is 0.0800. The number of benzene rings is 7. The lowest BCUT2D eigenvalue weighted by Crippen LogP contribution is -2.15. The maximum Gasteiger partial charge on any atom is 0.160 e. The van der Waals surface area contributed by atoms with Crippen LogP contribution < -0.4 is 0 Å². The molecule has 252 valence electrons. The van der Waals surface area contributed by atoms with Crippen LogP contribution in [-0.2, 0) is 5.41 Å². The summed E-state index contributed by atoms with van der Waals surface area (Å²) in [4.78, 5) is 10.7. The van der Waals surface area contributed by atoms with E-state index in [9.17, 15) is 0 Å². The molecule has 0 spiro atoms. The van der Waals surface area contributed by atoms with Crippen LogP contribution in [0.1, 0.15) is 48.1 Å². The third-order valence-electron chi connectivity index (χ3n) is 11.2. The lowest BCUT2D eigenvalue weighted by Gasteiger charge is -2.23. The molecule has 1 aliphatic heterocycles. The normalized spacial score (nSPS) is 14.6. The predicted octanol–water partition coefficient (Wildman–Crippen LogP) is 12.7.